The Hall–Kier alpha value is -1.35. The van der Waals surface area contributed by atoms with Crippen molar-refractivity contribution in [2.45, 2.75) is 24.5 Å². The van der Waals surface area contributed by atoms with Gasteiger partial charge in [-0.05, 0) is 30.5 Å². The van der Waals surface area contributed by atoms with Crippen LogP contribution in [0.15, 0.2) is 60.7 Å². The van der Waals surface area contributed by atoms with Crippen LogP contribution in [0.25, 0.3) is 0 Å². The van der Waals surface area contributed by atoms with Crippen molar-refractivity contribution in [2.24, 2.45) is 0 Å². The van der Waals surface area contributed by atoms with Gasteiger partial charge in [0.2, 0.25) is 0 Å². The highest BCUT2D eigenvalue weighted by molar-refractivity contribution is 5.85. The van der Waals surface area contributed by atoms with Crippen molar-refractivity contribution in [2.75, 3.05) is 6.54 Å². The first-order valence-corrected chi connectivity index (χ1v) is 6.88. The Morgan fingerprint density at radius 2 is 1.40 bits per heavy atom. The molecule has 0 aromatic heterocycles. The second-order valence-corrected chi connectivity index (χ2v) is 5.15. The molecule has 0 spiro atoms. The minimum Gasteiger partial charge on any atom is -0.379 e. The lowest BCUT2D eigenvalue weighted by Crippen LogP contribution is -2.46. The first-order valence-electron chi connectivity index (χ1n) is 6.88. The van der Waals surface area contributed by atoms with E-state index in [2.05, 4.69) is 5.32 Å². The Balaban J connectivity index is 0.00000147. The second kappa shape index (κ2) is 6.40. The van der Waals surface area contributed by atoms with Gasteiger partial charge < -0.3 is 10.4 Å². The molecule has 20 heavy (non-hydrogen) atoms. The summed E-state index contributed by atoms with van der Waals surface area (Å²) in [5.41, 5.74) is 0.972. The van der Waals surface area contributed by atoms with E-state index >= 15 is 0 Å². The van der Waals surface area contributed by atoms with E-state index in [1.54, 1.807) is 0 Å². The Bertz CT molecular complexity index is 484. The molecule has 1 atom stereocenters. The fourth-order valence-corrected chi connectivity index (χ4v) is 2.99. The lowest BCUT2D eigenvalue weighted by molar-refractivity contribution is 0.0442. The molecule has 2 aromatic carbocycles. The normalized spacial score (nSPS) is 18.6. The van der Waals surface area contributed by atoms with Crippen LogP contribution in [0.2, 0.25) is 0 Å². The van der Waals surface area contributed by atoms with E-state index in [4.69, 9.17) is 0 Å². The molecule has 1 fully saturated rings. The molecule has 3 rings (SSSR count). The van der Waals surface area contributed by atoms with Crippen molar-refractivity contribution in [1.29, 1.82) is 0 Å². The van der Waals surface area contributed by atoms with Gasteiger partial charge in [0.1, 0.15) is 5.60 Å². The number of hydrogen-bond donors (Lipinski definition) is 2. The molecule has 2 nitrogen and oxygen atoms in total. The van der Waals surface area contributed by atoms with Gasteiger partial charge in [-0.3, -0.25) is 0 Å². The van der Waals surface area contributed by atoms with E-state index in [0.29, 0.717) is 0 Å². The standard InChI is InChI=1S/C17H19NO.ClH/c19-17(16-12-7-13-18-16,14-8-3-1-4-9-14)15-10-5-2-6-11-15;/h1-6,8-11,16,18-19H,7,12-13H2;1H. The van der Waals surface area contributed by atoms with E-state index < -0.39 is 5.60 Å². The molecule has 0 saturated carbocycles. The smallest absolute Gasteiger partial charge is 0.130 e. The van der Waals surface area contributed by atoms with Gasteiger partial charge in [0, 0.05) is 6.04 Å². The van der Waals surface area contributed by atoms with Gasteiger partial charge in [0.05, 0.1) is 0 Å². The third-order valence-corrected chi connectivity index (χ3v) is 3.99. The molecule has 0 amide bonds. The van der Waals surface area contributed by atoms with Crippen molar-refractivity contribution in [3.05, 3.63) is 71.8 Å². The summed E-state index contributed by atoms with van der Waals surface area (Å²) in [6, 6.07) is 20.0. The third kappa shape index (κ3) is 2.59. The molecule has 1 unspecified atom stereocenters. The molecule has 1 heterocycles. The van der Waals surface area contributed by atoms with Crippen LogP contribution in [-0.2, 0) is 5.60 Å². The zero-order valence-electron chi connectivity index (χ0n) is 11.3. The summed E-state index contributed by atoms with van der Waals surface area (Å²) < 4.78 is 0. The molecule has 2 aromatic rings. The van der Waals surface area contributed by atoms with Gasteiger partial charge in [0.15, 0.2) is 0 Å². The van der Waals surface area contributed by atoms with Crippen LogP contribution in [-0.4, -0.2) is 17.7 Å². The molecule has 0 bridgehead atoms. The van der Waals surface area contributed by atoms with Gasteiger partial charge in [-0.25, -0.2) is 0 Å². The van der Waals surface area contributed by atoms with Crippen molar-refractivity contribution in [3.8, 4) is 0 Å². The molecule has 1 aliphatic heterocycles. The lowest BCUT2D eigenvalue weighted by Gasteiger charge is -2.35. The average molecular weight is 290 g/mol. The number of benzene rings is 2. The highest BCUT2D eigenvalue weighted by atomic mass is 35.5. The van der Waals surface area contributed by atoms with Crippen LogP contribution in [0.4, 0.5) is 0 Å². The van der Waals surface area contributed by atoms with Crippen LogP contribution in [0.5, 0.6) is 0 Å². The fourth-order valence-electron chi connectivity index (χ4n) is 2.99. The highest BCUT2D eigenvalue weighted by Crippen LogP contribution is 2.36. The molecule has 2 N–H and O–H groups in total. The zero-order chi connectivity index (χ0) is 13.1. The molecule has 1 saturated heterocycles. The average Bonchev–Trinajstić information content (AvgIpc) is 3.03. The van der Waals surface area contributed by atoms with Gasteiger partial charge in [0.25, 0.3) is 0 Å². The fraction of sp³-hybridized carbons (Fsp3) is 0.294. The predicted molar refractivity (Wildman–Crippen MR) is 84.2 cm³/mol. The summed E-state index contributed by atoms with van der Waals surface area (Å²) in [6.45, 7) is 0.979. The highest BCUT2D eigenvalue weighted by Gasteiger charge is 2.41. The van der Waals surface area contributed by atoms with Crippen molar-refractivity contribution < 1.29 is 5.11 Å². The minimum absolute atomic E-state index is 0. The maximum atomic E-state index is 11.4. The van der Waals surface area contributed by atoms with E-state index in [-0.39, 0.29) is 18.4 Å². The van der Waals surface area contributed by atoms with E-state index in [9.17, 15) is 5.11 Å². The lowest BCUT2D eigenvalue weighted by atomic mass is 9.79. The van der Waals surface area contributed by atoms with Gasteiger partial charge in [-0.15, -0.1) is 12.4 Å². The minimum atomic E-state index is -0.945. The Kier molecular flexibility index (Phi) is 4.81. The van der Waals surface area contributed by atoms with Crippen LogP contribution in [0, 0.1) is 0 Å². The quantitative estimate of drug-likeness (QED) is 0.910. The van der Waals surface area contributed by atoms with Crippen LogP contribution >= 0.6 is 12.4 Å². The molecule has 0 aliphatic carbocycles. The Labute approximate surface area is 126 Å². The number of rotatable bonds is 3. The van der Waals surface area contributed by atoms with E-state index in [1.165, 1.54) is 0 Å². The third-order valence-electron chi connectivity index (χ3n) is 3.99. The summed E-state index contributed by atoms with van der Waals surface area (Å²) in [6.07, 6.45) is 2.12. The van der Waals surface area contributed by atoms with E-state index in [0.717, 1.165) is 30.5 Å². The second-order valence-electron chi connectivity index (χ2n) is 5.15. The molecule has 1 aliphatic rings. The Morgan fingerprint density at radius 3 is 1.80 bits per heavy atom. The van der Waals surface area contributed by atoms with Gasteiger partial charge in [-0.2, -0.15) is 0 Å². The largest absolute Gasteiger partial charge is 0.379 e. The Morgan fingerprint density at radius 1 is 0.900 bits per heavy atom. The number of aliphatic hydroxyl groups is 1. The predicted octanol–water partition coefficient (Wildman–Crippen LogP) is 3.10. The van der Waals surface area contributed by atoms with Crippen LogP contribution < -0.4 is 5.32 Å². The first kappa shape index (κ1) is 15.0. The van der Waals surface area contributed by atoms with Gasteiger partial charge in [-0.1, -0.05) is 60.7 Å². The van der Waals surface area contributed by atoms with Gasteiger partial charge >= 0.3 is 0 Å². The number of nitrogens with one attached hydrogen (secondary N) is 1. The maximum absolute atomic E-state index is 11.4. The number of halogens is 1. The van der Waals surface area contributed by atoms with Crippen molar-refractivity contribution >= 4 is 12.4 Å². The molecule has 0 radical (unpaired) electrons. The van der Waals surface area contributed by atoms with Crippen molar-refractivity contribution in [1.82, 2.24) is 5.32 Å². The summed E-state index contributed by atoms with van der Waals surface area (Å²) in [4.78, 5) is 0. The first-order chi connectivity index (χ1) is 9.32. The summed E-state index contributed by atoms with van der Waals surface area (Å²) in [5, 5.41) is 14.8. The summed E-state index contributed by atoms with van der Waals surface area (Å²) in [5.74, 6) is 0. The van der Waals surface area contributed by atoms with Crippen molar-refractivity contribution in [3.63, 3.8) is 0 Å². The molecular weight excluding hydrogens is 270 g/mol. The molecular formula is C17H20ClNO. The van der Waals surface area contributed by atoms with Crippen LogP contribution in [0.3, 0.4) is 0 Å². The monoisotopic (exact) mass is 289 g/mol. The zero-order valence-corrected chi connectivity index (χ0v) is 12.1. The van der Waals surface area contributed by atoms with Crippen LogP contribution in [0.1, 0.15) is 24.0 Å². The maximum Gasteiger partial charge on any atom is 0.130 e. The SMILES string of the molecule is Cl.OC(c1ccccc1)(c1ccccc1)C1CCCN1. The summed E-state index contributed by atoms with van der Waals surface area (Å²) in [7, 11) is 0. The molecule has 106 valence electrons. The number of hydrogen-bond acceptors (Lipinski definition) is 2. The topological polar surface area (TPSA) is 32.3 Å². The molecule has 3 heteroatoms. The van der Waals surface area contributed by atoms with E-state index in [1.807, 2.05) is 60.7 Å². The summed E-state index contributed by atoms with van der Waals surface area (Å²) >= 11 is 0.